The summed E-state index contributed by atoms with van der Waals surface area (Å²) in [5.41, 5.74) is 3.38. The molecule has 0 aliphatic carbocycles. The van der Waals surface area contributed by atoms with Crippen LogP contribution < -0.4 is 10.6 Å². The number of hydrogen-bond acceptors (Lipinski definition) is 7. The van der Waals surface area contributed by atoms with Gasteiger partial charge in [-0.25, -0.2) is 0 Å². The number of anilines is 1. The minimum absolute atomic E-state index is 0.00970. The third kappa shape index (κ3) is 9.50. The van der Waals surface area contributed by atoms with Crippen molar-refractivity contribution in [2.24, 2.45) is 0 Å². The number of Topliss-reactive ketones (excluding diaryl/α,β-unsaturated/α-hetero) is 1. The van der Waals surface area contributed by atoms with Crippen molar-refractivity contribution in [1.29, 1.82) is 0 Å². The van der Waals surface area contributed by atoms with Gasteiger partial charge < -0.3 is 25.2 Å². The molecule has 50 heavy (non-hydrogen) atoms. The minimum Gasteiger partial charge on any atom is -0.462 e. The van der Waals surface area contributed by atoms with Crippen molar-refractivity contribution in [3.05, 3.63) is 99.0 Å². The van der Waals surface area contributed by atoms with E-state index in [1.807, 2.05) is 30.3 Å². The highest BCUT2D eigenvalue weighted by molar-refractivity contribution is 6.38. The predicted molar refractivity (Wildman–Crippen MR) is 192 cm³/mol. The van der Waals surface area contributed by atoms with E-state index in [4.69, 9.17) is 27.9 Å². The number of rotatable bonds is 12. The quantitative estimate of drug-likeness (QED) is 0.180. The lowest BCUT2D eigenvalue weighted by molar-refractivity contribution is -0.148. The van der Waals surface area contributed by atoms with E-state index in [1.165, 1.54) is 11.8 Å². The Morgan fingerprint density at radius 1 is 0.900 bits per heavy atom. The Bertz CT molecular complexity index is 1730. The van der Waals surface area contributed by atoms with E-state index in [0.717, 1.165) is 11.1 Å². The van der Waals surface area contributed by atoms with Gasteiger partial charge in [0.2, 0.25) is 17.7 Å². The first kappa shape index (κ1) is 37.0. The van der Waals surface area contributed by atoms with Gasteiger partial charge in [0.15, 0.2) is 5.78 Å². The number of piperidine rings is 1. The number of carbonyl (C=O) groups excluding carboxylic acids is 5. The minimum atomic E-state index is -0.963. The molecule has 10 nitrogen and oxygen atoms in total. The number of halogens is 2. The van der Waals surface area contributed by atoms with Crippen LogP contribution in [-0.2, 0) is 36.9 Å². The van der Waals surface area contributed by atoms with Crippen molar-refractivity contribution in [3.8, 4) is 0 Å². The fourth-order valence-electron chi connectivity index (χ4n) is 6.46. The van der Waals surface area contributed by atoms with Crippen LogP contribution in [0.25, 0.3) is 0 Å². The summed E-state index contributed by atoms with van der Waals surface area (Å²) in [5, 5.41) is 6.58. The number of benzene rings is 3. The second-order valence-corrected chi connectivity index (χ2v) is 13.6. The van der Waals surface area contributed by atoms with E-state index in [2.05, 4.69) is 15.5 Å². The third-order valence-corrected chi connectivity index (χ3v) is 10.2. The molecule has 3 amide bonds. The lowest BCUT2D eigenvalue weighted by atomic mass is 9.92. The predicted octanol–water partition coefficient (Wildman–Crippen LogP) is 5.76. The molecule has 2 aliphatic rings. The smallest absolute Gasteiger partial charge is 0.302 e. The largest absolute Gasteiger partial charge is 0.462 e. The zero-order valence-corrected chi connectivity index (χ0v) is 29.8. The van der Waals surface area contributed by atoms with Crippen molar-refractivity contribution in [2.75, 3.05) is 25.0 Å². The summed E-state index contributed by atoms with van der Waals surface area (Å²) < 4.78 is 5.37. The van der Waals surface area contributed by atoms with Gasteiger partial charge in [0.25, 0.3) is 0 Å². The number of nitrogens with one attached hydrogen (secondary N) is 2. The zero-order chi connectivity index (χ0) is 35.8. The summed E-state index contributed by atoms with van der Waals surface area (Å²) >= 11 is 12.7. The number of carbonyl (C=O) groups is 5. The van der Waals surface area contributed by atoms with Gasteiger partial charge in [0, 0.05) is 63.0 Å². The van der Waals surface area contributed by atoms with Gasteiger partial charge in [-0.1, -0.05) is 77.8 Å². The topological polar surface area (TPSA) is 125 Å². The molecule has 0 radical (unpaired) electrons. The highest BCUT2D eigenvalue weighted by Crippen LogP contribution is 2.31. The van der Waals surface area contributed by atoms with Crippen LogP contribution >= 0.6 is 23.2 Å². The molecule has 0 bridgehead atoms. The number of amides is 3. The molecule has 2 heterocycles. The standard InChI is InChI=1S/C38H42Cl2N4O6/c1-24-30(39)12-13-31(36(24)40)41-37(48)32(18-21-43-19-16-29(17-20-43)50-25(2)45)42-38(49)33-22-27-10-6-7-11-28(27)23-44(33)35(47)15-14-34(46)26-8-4-3-5-9-26/h3-13,29,32-33H,14-23H2,1-2H3,(H,41,48)(H,42,49). The van der Waals surface area contributed by atoms with E-state index in [0.29, 0.717) is 59.3 Å². The molecule has 264 valence electrons. The Labute approximate surface area is 302 Å². The molecule has 5 rings (SSSR count). The average Bonchev–Trinajstić information content (AvgIpc) is 3.12. The van der Waals surface area contributed by atoms with Crippen LogP contribution in [0.15, 0.2) is 66.7 Å². The Balaban J connectivity index is 1.32. The number of fused-ring (bicyclic) bond motifs is 1. The van der Waals surface area contributed by atoms with Gasteiger partial charge in [-0.2, -0.15) is 0 Å². The van der Waals surface area contributed by atoms with Gasteiger partial charge >= 0.3 is 5.97 Å². The monoisotopic (exact) mass is 720 g/mol. The van der Waals surface area contributed by atoms with Crippen molar-refractivity contribution < 1.29 is 28.7 Å². The molecule has 2 aliphatic heterocycles. The summed E-state index contributed by atoms with van der Waals surface area (Å²) in [5.74, 6) is -1.70. The molecule has 3 aromatic rings. The van der Waals surface area contributed by atoms with Crippen molar-refractivity contribution in [1.82, 2.24) is 15.1 Å². The lowest BCUT2D eigenvalue weighted by Gasteiger charge is -2.37. The van der Waals surface area contributed by atoms with Gasteiger partial charge in [-0.15, -0.1) is 0 Å². The third-order valence-electron chi connectivity index (χ3n) is 9.35. The molecule has 1 fully saturated rings. The number of ketones is 1. The summed E-state index contributed by atoms with van der Waals surface area (Å²) in [7, 11) is 0. The van der Waals surface area contributed by atoms with Crippen molar-refractivity contribution in [2.45, 2.75) is 77.1 Å². The maximum atomic E-state index is 14.2. The molecule has 12 heteroatoms. The van der Waals surface area contributed by atoms with Crippen LogP contribution in [0.5, 0.6) is 0 Å². The van der Waals surface area contributed by atoms with Gasteiger partial charge in [-0.05, 0) is 55.0 Å². The zero-order valence-electron chi connectivity index (χ0n) is 28.3. The molecule has 2 N–H and O–H groups in total. The second kappa shape index (κ2) is 17.1. The molecular formula is C38H42Cl2N4O6. The van der Waals surface area contributed by atoms with Crippen molar-refractivity contribution >= 4 is 58.4 Å². The van der Waals surface area contributed by atoms with Crippen molar-refractivity contribution in [3.63, 3.8) is 0 Å². The summed E-state index contributed by atoms with van der Waals surface area (Å²) in [6, 6.07) is 17.8. The molecule has 1 saturated heterocycles. The van der Waals surface area contributed by atoms with E-state index in [9.17, 15) is 24.0 Å². The Morgan fingerprint density at radius 3 is 2.28 bits per heavy atom. The molecule has 2 atom stereocenters. The number of ether oxygens (including phenoxy) is 1. The maximum Gasteiger partial charge on any atom is 0.302 e. The Kier molecular flexibility index (Phi) is 12.7. The first-order valence-electron chi connectivity index (χ1n) is 16.9. The van der Waals surface area contributed by atoms with Crippen LogP contribution in [0.4, 0.5) is 5.69 Å². The van der Waals surface area contributed by atoms with Gasteiger partial charge in [0.1, 0.15) is 18.2 Å². The first-order valence-corrected chi connectivity index (χ1v) is 17.7. The number of likely N-dealkylation sites (tertiary alicyclic amines) is 1. The van der Waals surface area contributed by atoms with Gasteiger partial charge in [-0.3, -0.25) is 24.0 Å². The van der Waals surface area contributed by atoms with E-state index in [1.54, 1.807) is 43.3 Å². The highest BCUT2D eigenvalue weighted by atomic mass is 35.5. The molecule has 2 unspecified atom stereocenters. The van der Waals surface area contributed by atoms with E-state index < -0.39 is 23.9 Å². The Morgan fingerprint density at radius 2 is 1.58 bits per heavy atom. The summed E-state index contributed by atoms with van der Waals surface area (Å²) in [6.45, 7) is 5.20. The Hall–Kier alpha value is -4.25. The fourth-order valence-corrected chi connectivity index (χ4v) is 6.88. The SMILES string of the molecule is CC(=O)OC1CCN(CCC(NC(=O)C2Cc3ccccc3CN2C(=O)CCC(=O)c2ccccc2)C(=O)Nc2ccc(Cl)c(C)c2Cl)CC1. The molecule has 0 aromatic heterocycles. The van der Waals surface area contributed by atoms with Crippen LogP contribution in [0.3, 0.4) is 0 Å². The first-order chi connectivity index (χ1) is 24.0. The van der Waals surface area contributed by atoms with Crippen LogP contribution in [-0.4, -0.2) is 77.1 Å². The molecular weight excluding hydrogens is 679 g/mol. The molecule has 3 aromatic carbocycles. The van der Waals surface area contributed by atoms with E-state index >= 15 is 0 Å². The van der Waals surface area contributed by atoms with E-state index in [-0.39, 0.29) is 56.0 Å². The maximum absolute atomic E-state index is 14.2. The van der Waals surface area contributed by atoms with Crippen LogP contribution in [0.1, 0.15) is 66.1 Å². The summed E-state index contributed by atoms with van der Waals surface area (Å²) in [4.78, 5) is 69.6. The number of hydrogen-bond donors (Lipinski definition) is 2. The lowest BCUT2D eigenvalue weighted by Crippen LogP contribution is -2.56. The second-order valence-electron chi connectivity index (χ2n) is 12.8. The average molecular weight is 722 g/mol. The van der Waals surface area contributed by atoms with Crippen LogP contribution in [0, 0.1) is 6.92 Å². The summed E-state index contributed by atoms with van der Waals surface area (Å²) in [6.07, 6.45) is 1.71. The number of esters is 1. The highest BCUT2D eigenvalue weighted by Gasteiger charge is 2.36. The van der Waals surface area contributed by atoms with Gasteiger partial charge in [0.05, 0.1) is 10.7 Å². The number of nitrogens with zero attached hydrogens (tertiary/aromatic N) is 2. The fraction of sp³-hybridized carbons (Fsp3) is 0.395. The normalized spacial score (nSPS) is 17.0. The van der Waals surface area contributed by atoms with Crippen LogP contribution in [0.2, 0.25) is 10.0 Å². The molecule has 0 spiro atoms. The molecule has 0 saturated carbocycles.